The number of aromatic nitrogens is 4. The van der Waals surface area contributed by atoms with Gasteiger partial charge in [-0.2, -0.15) is 5.10 Å². The highest BCUT2D eigenvalue weighted by atomic mass is 15.3. The van der Waals surface area contributed by atoms with Crippen molar-refractivity contribution in [2.45, 2.75) is 32.1 Å². The third kappa shape index (κ3) is 28.9. The average molecular weight is 1920 g/mol. The number of para-hydroxylation sites is 4. The van der Waals surface area contributed by atoms with Crippen LogP contribution in [0.3, 0.4) is 0 Å². The predicted octanol–water partition coefficient (Wildman–Crippen LogP) is 37.9. The Morgan fingerprint density at radius 3 is 1.19 bits per heavy atom. The van der Waals surface area contributed by atoms with Crippen molar-refractivity contribution in [2.75, 3.05) is 0 Å². The van der Waals surface area contributed by atoms with Gasteiger partial charge >= 0.3 is 0 Å². The molecule has 20 aromatic carbocycles. The maximum atomic E-state index is 4.65. The van der Waals surface area contributed by atoms with E-state index in [1.807, 2.05) is 187 Å². The summed E-state index contributed by atoms with van der Waals surface area (Å²) >= 11 is 0. The van der Waals surface area contributed by atoms with Crippen molar-refractivity contribution in [1.29, 1.82) is 0 Å². The van der Waals surface area contributed by atoms with Crippen LogP contribution in [0.15, 0.2) is 655 Å². The summed E-state index contributed by atoms with van der Waals surface area (Å²) in [6.45, 7) is 0. The molecule has 0 amide bonds. The average Bonchev–Trinajstić information content (AvgIpc) is 1.75. The Bertz CT molecular complexity index is 8090. The van der Waals surface area contributed by atoms with E-state index in [4.69, 9.17) is 0 Å². The molecule has 28 rings (SSSR count). The molecule has 5 nitrogen and oxygen atoms in total. The maximum Gasteiger partial charge on any atom is 0.0927 e. The zero-order valence-electron chi connectivity index (χ0n) is 83.5. The minimum Gasteiger partial charge on any atom is -0.324 e. The van der Waals surface area contributed by atoms with E-state index in [-0.39, 0.29) is 0 Å². The lowest BCUT2D eigenvalue weighted by Crippen LogP contribution is -1.99. The van der Waals surface area contributed by atoms with Crippen LogP contribution in [0.5, 0.6) is 0 Å². The van der Waals surface area contributed by atoms with Gasteiger partial charge in [-0.3, -0.25) is 4.99 Å². The molecule has 0 spiro atoms. The van der Waals surface area contributed by atoms with Crippen molar-refractivity contribution in [3.8, 4) is 56.0 Å². The molecule has 5 heteroatoms. The van der Waals surface area contributed by atoms with Crippen LogP contribution in [0.25, 0.3) is 122 Å². The second-order valence-electron chi connectivity index (χ2n) is 35.8. The summed E-state index contributed by atoms with van der Waals surface area (Å²) in [6.07, 6.45) is 33.4. The van der Waals surface area contributed by atoms with E-state index in [1.165, 1.54) is 144 Å². The number of hydrogen-bond acceptors (Lipinski definition) is 3. The van der Waals surface area contributed by atoms with Gasteiger partial charge in [0, 0.05) is 47.0 Å². The van der Waals surface area contributed by atoms with Gasteiger partial charge in [-0.25, -0.2) is 9.67 Å². The predicted molar refractivity (Wildman–Crippen MR) is 636 cm³/mol. The molecule has 0 unspecified atom stereocenters. The zero-order chi connectivity index (χ0) is 101. The van der Waals surface area contributed by atoms with Gasteiger partial charge in [0.25, 0.3) is 0 Å². The standard InChI is InChI=1S/2C16H12.C15H11N.C15H12.C14H11N.C13H10N2.C12H10.3C11H10.C10H9N/c1-2-7-13(8-3-1)16-12-6-10-14-9-4-5-11-15(14)16;1-2-6-13(7-3-1)16-11-10-14-8-4-5-9-15(14)12-16;1-2-6-12(7-3-1)15-11-10-13-8-4-5-9-14(13)16-15;1-2-6-12(7-3-1)15-11-10-13-8-4-5-9-14(13)15;1-2-6-11(7-3-1)14-10-12-8-4-5-9-13(12)15-14;1-2-7-12(8-3-1)15-10-11-6-4-5-9-13(11)14-15;1-3-7-11(8-4-1)12-9-5-2-6-10-12;4*1-2-6-10(7-3-1)11-8-4-5-9-11/h2*1-12H;1-11H;1-9,11H,10H2;1-9H,10H2;1-10H;1-10H;2*1-4,6-9H,5H2;1-8H,9H2;1-9H. The first-order valence-electron chi connectivity index (χ1n) is 51.0. The summed E-state index contributed by atoms with van der Waals surface area (Å²) in [5, 5.41) is 12.1. The molecule has 23 aromatic rings. The van der Waals surface area contributed by atoms with Gasteiger partial charge in [-0.05, 0) is 214 Å². The summed E-state index contributed by atoms with van der Waals surface area (Å²) in [5.41, 5.74) is 32.7. The Morgan fingerprint density at radius 1 is 0.242 bits per heavy atom. The van der Waals surface area contributed by atoms with Crippen molar-refractivity contribution in [3.63, 3.8) is 0 Å². The van der Waals surface area contributed by atoms with Crippen LogP contribution in [0.4, 0.5) is 5.69 Å². The summed E-state index contributed by atoms with van der Waals surface area (Å²) in [4.78, 5) is 9.28. The number of rotatable bonds is 11. The van der Waals surface area contributed by atoms with E-state index in [9.17, 15) is 0 Å². The van der Waals surface area contributed by atoms with Crippen molar-refractivity contribution < 1.29 is 0 Å². The van der Waals surface area contributed by atoms with Gasteiger partial charge in [-0.15, -0.1) is 0 Å². The van der Waals surface area contributed by atoms with Crippen LogP contribution in [0, 0.1) is 0 Å². The molecule has 0 N–H and O–H groups in total. The number of allylic oxidation sites excluding steroid dienone is 13. The van der Waals surface area contributed by atoms with E-state index in [0.29, 0.717) is 0 Å². The normalized spacial score (nSPS) is 12.0. The molecule has 3 aromatic heterocycles. The SMILES string of the molecule is C1=C(c2ccccc2)c2ccccc2C1.C1=CC(c2ccccc2)=CC1.C1=CC(c2ccccc2)=CC1.C1=CCC(c2ccccc2)=C1.c1ccc(-c2ccc3ccccc3c2)cc1.c1ccc(-c2ccc3ccccc3n2)cc1.c1ccc(-c2cccc3ccccc23)cc1.c1ccc(-c2ccccc2)cc1.c1ccc(-n2cc3ccccc3n2)cc1.c1ccc(-n2cccc2)cc1.c1ccc(C2=Nc3ccccc3C2)cc1. The highest BCUT2D eigenvalue weighted by molar-refractivity contribution is 6.06. The molecular formula is C144H117N5. The fourth-order valence-corrected chi connectivity index (χ4v) is 18.0. The number of benzene rings is 20. The molecular weight excluding hydrogens is 1800 g/mol. The molecule has 0 bridgehead atoms. The lowest BCUT2D eigenvalue weighted by atomic mass is 9.98. The van der Waals surface area contributed by atoms with E-state index in [0.717, 1.165) is 65.8 Å². The number of fused-ring (bicyclic) bond motifs is 6. The van der Waals surface area contributed by atoms with Gasteiger partial charge in [0.1, 0.15) is 0 Å². The van der Waals surface area contributed by atoms with Crippen molar-refractivity contribution in [2.24, 2.45) is 4.99 Å². The molecule has 1 aliphatic heterocycles. The molecule has 4 heterocycles. The van der Waals surface area contributed by atoms with E-state index in [1.54, 1.807) is 0 Å². The van der Waals surface area contributed by atoms with Crippen LogP contribution in [-0.4, -0.2) is 25.0 Å². The number of hydrogen-bond donors (Lipinski definition) is 0. The first-order valence-corrected chi connectivity index (χ1v) is 51.0. The highest BCUT2D eigenvalue weighted by Gasteiger charge is 2.17. The monoisotopic (exact) mass is 1920 g/mol. The molecule has 5 aliphatic rings. The van der Waals surface area contributed by atoms with Crippen LogP contribution < -0.4 is 0 Å². The molecule has 0 saturated carbocycles. The smallest absolute Gasteiger partial charge is 0.0927 e. The van der Waals surface area contributed by atoms with Crippen LogP contribution in [0.1, 0.15) is 63.8 Å². The summed E-state index contributed by atoms with van der Waals surface area (Å²) in [6, 6.07) is 196. The second kappa shape index (κ2) is 53.9. The number of pyridine rings is 1. The van der Waals surface area contributed by atoms with E-state index >= 15 is 0 Å². The first-order chi connectivity index (χ1) is 74.0. The molecule has 149 heavy (non-hydrogen) atoms. The second-order valence-corrected chi connectivity index (χ2v) is 35.8. The third-order valence-corrected chi connectivity index (χ3v) is 25.7. The Morgan fingerprint density at radius 2 is 0.658 bits per heavy atom. The Kier molecular flexibility index (Phi) is 36.2. The quantitative estimate of drug-likeness (QED) is 0.130. The zero-order valence-corrected chi connectivity index (χ0v) is 83.5. The van der Waals surface area contributed by atoms with Gasteiger partial charge in [0.2, 0.25) is 0 Å². The van der Waals surface area contributed by atoms with E-state index < -0.39 is 0 Å². The lowest BCUT2D eigenvalue weighted by molar-refractivity contribution is 0.896. The Hall–Kier alpha value is -19.1. The minimum atomic E-state index is 0.959. The van der Waals surface area contributed by atoms with Gasteiger partial charge in [0.15, 0.2) is 0 Å². The number of nitrogens with zero attached hydrogens (tertiary/aromatic N) is 5. The largest absolute Gasteiger partial charge is 0.324 e. The number of aliphatic imine (C=N–C) groups is 1. The summed E-state index contributed by atoms with van der Waals surface area (Å²) in [5.74, 6) is 0. The summed E-state index contributed by atoms with van der Waals surface area (Å²) in [7, 11) is 0. The van der Waals surface area contributed by atoms with Gasteiger partial charge in [-0.1, -0.05) is 564 Å². The Balaban J connectivity index is 0.000000107. The first kappa shape index (κ1) is 100. The van der Waals surface area contributed by atoms with Crippen molar-refractivity contribution >= 4 is 77.0 Å². The Labute approximate surface area is 877 Å². The fourth-order valence-electron chi connectivity index (χ4n) is 18.0. The highest BCUT2D eigenvalue weighted by Crippen LogP contribution is 2.35. The topological polar surface area (TPSA) is 48.0 Å². The fraction of sp³-hybridized carbons (Fsp3) is 0.0347. The lowest BCUT2D eigenvalue weighted by Gasteiger charge is -2.06. The van der Waals surface area contributed by atoms with E-state index in [2.05, 4.69) is 487 Å². The van der Waals surface area contributed by atoms with Gasteiger partial charge in [0.05, 0.1) is 33.8 Å². The molecule has 0 atom stereocenters. The summed E-state index contributed by atoms with van der Waals surface area (Å²) < 4.78 is 3.99. The molecule has 718 valence electrons. The molecule has 4 aliphatic carbocycles. The van der Waals surface area contributed by atoms with Crippen LogP contribution in [-0.2, 0) is 12.8 Å². The maximum absolute atomic E-state index is 4.65. The van der Waals surface area contributed by atoms with Crippen LogP contribution in [0.2, 0.25) is 0 Å². The molecule has 0 fully saturated rings. The minimum absolute atomic E-state index is 0.959. The molecule has 0 saturated heterocycles. The third-order valence-electron chi connectivity index (χ3n) is 25.7. The van der Waals surface area contributed by atoms with Crippen LogP contribution >= 0.6 is 0 Å². The molecule has 0 radical (unpaired) electrons. The van der Waals surface area contributed by atoms with Gasteiger partial charge < -0.3 is 4.57 Å². The van der Waals surface area contributed by atoms with Crippen molar-refractivity contribution in [1.82, 2.24) is 19.3 Å². The van der Waals surface area contributed by atoms with Crippen molar-refractivity contribution in [3.05, 3.63) is 694 Å².